The standard InChI is InChI=1S/C17H17NO6S/c1-23-16(19)13-5-3-12(4-6-13)11-18-25(21,22)15-9-7-14(8-10-15)17(20)24-2/h3-10,18H,11H2,1-2H3. The number of sulfonamides is 1. The molecule has 0 aliphatic carbocycles. The third-order valence-corrected chi connectivity index (χ3v) is 4.84. The topological polar surface area (TPSA) is 98.8 Å². The summed E-state index contributed by atoms with van der Waals surface area (Å²) in [4.78, 5) is 22.8. The second kappa shape index (κ2) is 7.91. The van der Waals surface area contributed by atoms with Gasteiger partial charge < -0.3 is 9.47 Å². The molecule has 2 aromatic rings. The van der Waals surface area contributed by atoms with Gasteiger partial charge in [0, 0.05) is 6.54 Å². The molecule has 0 unspecified atom stereocenters. The summed E-state index contributed by atoms with van der Waals surface area (Å²) in [5, 5.41) is 0. The van der Waals surface area contributed by atoms with Crippen LogP contribution in [0.3, 0.4) is 0 Å². The van der Waals surface area contributed by atoms with Crippen LogP contribution in [-0.4, -0.2) is 34.6 Å². The average molecular weight is 363 g/mol. The molecular formula is C17H17NO6S. The molecule has 1 N–H and O–H groups in total. The third kappa shape index (κ3) is 4.65. The Kier molecular flexibility index (Phi) is 5.89. The number of carbonyl (C=O) groups excluding carboxylic acids is 2. The van der Waals surface area contributed by atoms with E-state index in [1.807, 2.05) is 0 Å². The Labute approximate surface area is 145 Å². The number of rotatable bonds is 6. The molecule has 0 heterocycles. The highest BCUT2D eigenvalue weighted by atomic mass is 32.2. The summed E-state index contributed by atoms with van der Waals surface area (Å²) in [7, 11) is -1.19. The van der Waals surface area contributed by atoms with Crippen LogP contribution in [0.1, 0.15) is 26.3 Å². The number of benzene rings is 2. The van der Waals surface area contributed by atoms with Crippen molar-refractivity contribution < 1.29 is 27.5 Å². The zero-order chi connectivity index (χ0) is 18.4. The second-order valence-corrected chi connectivity index (χ2v) is 6.80. The molecular weight excluding hydrogens is 346 g/mol. The van der Waals surface area contributed by atoms with E-state index in [1.54, 1.807) is 24.3 Å². The number of hydrogen-bond acceptors (Lipinski definition) is 6. The van der Waals surface area contributed by atoms with E-state index in [2.05, 4.69) is 14.2 Å². The highest BCUT2D eigenvalue weighted by Gasteiger charge is 2.15. The highest BCUT2D eigenvalue weighted by molar-refractivity contribution is 7.89. The fraction of sp³-hybridized carbons (Fsp3) is 0.176. The number of esters is 2. The Morgan fingerprint density at radius 1 is 0.840 bits per heavy atom. The molecule has 0 aliphatic heterocycles. The van der Waals surface area contributed by atoms with E-state index >= 15 is 0 Å². The first kappa shape index (κ1) is 18.6. The number of methoxy groups -OCH3 is 2. The number of hydrogen-bond donors (Lipinski definition) is 1. The summed E-state index contributed by atoms with van der Waals surface area (Å²) in [5.74, 6) is -1.000. The van der Waals surface area contributed by atoms with E-state index in [0.29, 0.717) is 11.1 Å². The third-order valence-electron chi connectivity index (χ3n) is 3.43. The maximum absolute atomic E-state index is 12.3. The Balaban J connectivity index is 2.06. The molecule has 0 saturated carbocycles. The molecule has 0 radical (unpaired) electrons. The second-order valence-electron chi connectivity index (χ2n) is 5.03. The van der Waals surface area contributed by atoms with Crippen LogP contribution >= 0.6 is 0 Å². The van der Waals surface area contributed by atoms with Crippen molar-refractivity contribution in [2.75, 3.05) is 14.2 Å². The van der Waals surface area contributed by atoms with Crippen molar-refractivity contribution in [3.8, 4) is 0 Å². The molecule has 0 aliphatic rings. The lowest BCUT2D eigenvalue weighted by Gasteiger charge is -2.08. The average Bonchev–Trinajstić information content (AvgIpc) is 2.65. The maximum Gasteiger partial charge on any atom is 0.337 e. The molecule has 132 valence electrons. The first-order valence-electron chi connectivity index (χ1n) is 7.22. The van der Waals surface area contributed by atoms with Crippen LogP contribution in [0.15, 0.2) is 53.4 Å². The van der Waals surface area contributed by atoms with E-state index in [1.165, 1.54) is 38.5 Å². The summed E-state index contributed by atoms with van der Waals surface area (Å²) in [5.41, 5.74) is 1.33. The Morgan fingerprint density at radius 3 is 1.72 bits per heavy atom. The van der Waals surface area contributed by atoms with Crippen molar-refractivity contribution in [2.45, 2.75) is 11.4 Å². The SMILES string of the molecule is COC(=O)c1ccc(CNS(=O)(=O)c2ccc(C(=O)OC)cc2)cc1. The van der Waals surface area contributed by atoms with Crippen LogP contribution in [0.4, 0.5) is 0 Å². The van der Waals surface area contributed by atoms with Crippen molar-refractivity contribution in [2.24, 2.45) is 0 Å². The monoisotopic (exact) mass is 363 g/mol. The quantitative estimate of drug-likeness (QED) is 0.785. The fourth-order valence-corrected chi connectivity index (χ4v) is 3.04. The van der Waals surface area contributed by atoms with Gasteiger partial charge in [-0.1, -0.05) is 12.1 Å². The van der Waals surface area contributed by atoms with Crippen LogP contribution in [0, 0.1) is 0 Å². The molecule has 2 rings (SSSR count). The minimum atomic E-state index is -3.73. The van der Waals surface area contributed by atoms with Crippen LogP contribution in [-0.2, 0) is 26.0 Å². The molecule has 2 aromatic carbocycles. The van der Waals surface area contributed by atoms with Crippen LogP contribution < -0.4 is 4.72 Å². The molecule has 0 fully saturated rings. The zero-order valence-electron chi connectivity index (χ0n) is 13.7. The van der Waals surface area contributed by atoms with E-state index in [-0.39, 0.29) is 17.0 Å². The molecule has 0 amide bonds. The molecule has 0 saturated heterocycles. The smallest absolute Gasteiger partial charge is 0.337 e. The van der Waals surface area contributed by atoms with Crippen molar-refractivity contribution >= 4 is 22.0 Å². The van der Waals surface area contributed by atoms with Gasteiger partial charge in [-0.3, -0.25) is 0 Å². The van der Waals surface area contributed by atoms with Crippen molar-refractivity contribution in [3.05, 3.63) is 65.2 Å². The minimum Gasteiger partial charge on any atom is -0.465 e. The number of carbonyl (C=O) groups is 2. The van der Waals surface area contributed by atoms with Gasteiger partial charge in [0.1, 0.15) is 0 Å². The number of ether oxygens (including phenoxy) is 2. The van der Waals surface area contributed by atoms with Crippen LogP contribution in [0.25, 0.3) is 0 Å². The molecule has 0 atom stereocenters. The van der Waals surface area contributed by atoms with Crippen molar-refractivity contribution in [1.29, 1.82) is 0 Å². The van der Waals surface area contributed by atoms with Gasteiger partial charge in [-0.05, 0) is 42.0 Å². The molecule has 0 spiro atoms. The molecule has 0 aromatic heterocycles. The summed E-state index contributed by atoms with van der Waals surface area (Å²) in [6, 6.07) is 11.8. The first-order valence-corrected chi connectivity index (χ1v) is 8.71. The van der Waals surface area contributed by atoms with E-state index in [9.17, 15) is 18.0 Å². The maximum atomic E-state index is 12.3. The Hall–Kier alpha value is -2.71. The molecule has 0 bridgehead atoms. The van der Waals surface area contributed by atoms with Gasteiger partial charge in [0.05, 0.1) is 30.2 Å². The van der Waals surface area contributed by atoms with Crippen LogP contribution in [0.5, 0.6) is 0 Å². The normalized spacial score (nSPS) is 11.0. The molecule has 7 nitrogen and oxygen atoms in total. The fourth-order valence-electron chi connectivity index (χ4n) is 2.03. The summed E-state index contributed by atoms with van der Waals surface area (Å²) in [6.45, 7) is 0.0581. The molecule has 8 heteroatoms. The van der Waals surface area contributed by atoms with Gasteiger partial charge in [-0.25, -0.2) is 22.7 Å². The van der Waals surface area contributed by atoms with Crippen molar-refractivity contribution in [3.63, 3.8) is 0 Å². The summed E-state index contributed by atoms with van der Waals surface area (Å²) in [6.07, 6.45) is 0. The number of nitrogens with one attached hydrogen (secondary N) is 1. The lowest BCUT2D eigenvalue weighted by molar-refractivity contribution is 0.0592. The van der Waals surface area contributed by atoms with E-state index in [4.69, 9.17) is 0 Å². The lowest BCUT2D eigenvalue weighted by atomic mass is 10.1. The molecule has 25 heavy (non-hydrogen) atoms. The summed E-state index contributed by atoms with van der Waals surface area (Å²) < 4.78 is 36.2. The van der Waals surface area contributed by atoms with Gasteiger partial charge >= 0.3 is 11.9 Å². The van der Waals surface area contributed by atoms with Gasteiger partial charge in [-0.2, -0.15) is 0 Å². The predicted octanol–water partition coefficient (Wildman–Crippen LogP) is 1.74. The summed E-state index contributed by atoms with van der Waals surface area (Å²) >= 11 is 0. The lowest BCUT2D eigenvalue weighted by Crippen LogP contribution is -2.23. The van der Waals surface area contributed by atoms with Gasteiger partial charge in [0.15, 0.2) is 0 Å². The predicted molar refractivity (Wildman–Crippen MR) is 89.6 cm³/mol. The van der Waals surface area contributed by atoms with Gasteiger partial charge in [0.25, 0.3) is 0 Å². The van der Waals surface area contributed by atoms with Crippen LogP contribution in [0.2, 0.25) is 0 Å². The van der Waals surface area contributed by atoms with E-state index in [0.717, 1.165) is 0 Å². The Bertz CT molecular complexity index is 857. The Morgan fingerprint density at radius 2 is 1.28 bits per heavy atom. The van der Waals surface area contributed by atoms with E-state index < -0.39 is 22.0 Å². The largest absolute Gasteiger partial charge is 0.465 e. The minimum absolute atomic E-state index is 0.0336. The zero-order valence-corrected chi connectivity index (χ0v) is 14.5. The van der Waals surface area contributed by atoms with Gasteiger partial charge in [0.2, 0.25) is 10.0 Å². The van der Waals surface area contributed by atoms with Gasteiger partial charge in [-0.15, -0.1) is 0 Å². The highest BCUT2D eigenvalue weighted by Crippen LogP contribution is 2.12. The first-order chi connectivity index (χ1) is 11.9. The van der Waals surface area contributed by atoms with Crippen molar-refractivity contribution in [1.82, 2.24) is 4.72 Å².